The van der Waals surface area contributed by atoms with Crippen molar-refractivity contribution in [1.29, 1.82) is 0 Å². The van der Waals surface area contributed by atoms with Gasteiger partial charge in [-0.15, -0.1) is 0 Å². The number of nitrogens with zero attached hydrogens (tertiary/aromatic N) is 1. The minimum atomic E-state index is -3.09. The summed E-state index contributed by atoms with van der Waals surface area (Å²) in [5.41, 5.74) is 1.81. The maximum Gasteiger partial charge on any atom is 0.253 e. The Morgan fingerprint density at radius 2 is 1.75 bits per heavy atom. The third-order valence-corrected chi connectivity index (χ3v) is 5.00. The molecule has 0 atom stereocenters. The highest BCUT2D eigenvalue weighted by atomic mass is 32.2. The van der Waals surface area contributed by atoms with Crippen LogP contribution in [0.4, 0.5) is 4.39 Å². The molecule has 1 amide bonds. The van der Waals surface area contributed by atoms with E-state index in [-0.39, 0.29) is 23.4 Å². The number of amides is 1. The average Bonchev–Trinajstić information content (AvgIpc) is 2.46. The van der Waals surface area contributed by atoms with E-state index >= 15 is 0 Å². The van der Waals surface area contributed by atoms with Crippen molar-refractivity contribution in [1.82, 2.24) is 4.90 Å². The standard InChI is InChI=1S/C18H18FNO3S/c1-24(22,23)12-13-6-8-14(9-7-13)18(21)20-10-15(11-20)16-4-2-3-5-17(16)19/h2-9,15H,10-12H2,1H3. The van der Waals surface area contributed by atoms with Crippen LogP contribution in [0.2, 0.25) is 0 Å². The number of carbonyl (C=O) groups excluding carboxylic acids is 1. The summed E-state index contributed by atoms with van der Waals surface area (Å²) in [6, 6.07) is 13.2. The van der Waals surface area contributed by atoms with Crippen molar-refractivity contribution in [3.63, 3.8) is 0 Å². The fraction of sp³-hybridized carbons (Fsp3) is 0.278. The number of halogens is 1. The highest BCUT2D eigenvalue weighted by Gasteiger charge is 2.33. The van der Waals surface area contributed by atoms with Crippen molar-refractivity contribution in [3.05, 3.63) is 71.0 Å². The molecule has 1 saturated heterocycles. The summed E-state index contributed by atoms with van der Waals surface area (Å²) in [7, 11) is -3.09. The quantitative estimate of drug-likeness (QED) is 0.854. The molecule has 3 rings (SSSR count). The fourth-order valence-corrected chi connectivity index (χ4v) is 3.67. The Morgan fingerprint density at radius 1 is 1.12 bits per heavy atom. The van der Waals surface area contributed by atoms with Crippen LogP contribution in [0, 0.1) is 5.82 Å². The van der Waals surface area contributed by atoms with Gasteiger partial charge in [0.15, 0.2) is 9.84 Å². The molecule has 0 spiro atoms. The smallest absolute Gasteiger partial charge is 0.253 e. The van der Waals surface area contributed by atoms with Crippen molar-refractivity contribution in [3.8, 4) is 0 Å². The highest BCUT2D eigenvalue weighted by Crippen LogP contribution is 2.29. The number of sulfone groups is 1. The first-order valence-electron chi connectivity index (χ1n) is 7.64. The van der Waals surface area contributed by atoms with E-state index in [4.69, 9.17) is 0 Å². The van der Waals surface area contributed by atoms with Crippen LogP contribution in [0.15, 0.2) is 48.5 Å². The van der Waals surface area contributed by atoms with Crippen LogP contribution in [0.1, 0.15) is 27.4 Å². The summed E-state index contributed by atoms with van der Waals surface area (Å²) in [5, 5.41) is 0. The van der Waals surface area contributed by atoms with Gasteiger partial charge in [-0.25, -0.2) is 12.8 Å². The highest BCUT2D eigenvalue weighted by molar-refractivity contribution is 7.89. The van der Waals surface area contributed by atoms with E-state index in [1.807, 2.05) is 0 Å². The van der Waals surface area contributed by atoms with Crippen LogP contribution in [0.5, 0.6) is 0 Å². The Hall–Kier alpha value is -2.21. The second-order valence-corrected chi connectivity index (χ2v) is 8.34. The van der Waals surface area contributed by atoms with Gasteiger partial charge in [0.2, 0.25) is 0 Å². The van der Waals surface area contributed by atoms with Crippen molar-refractivity contribution in [2.45, 2.75) is 11.7 Å². The molecule has 2 aromatic rings. The zero-order valence-corrected chi connectivity index (χ0v) is 14.1. The summed E-state index contributed by atoms with van der Waals surface area (Å²) in [6.45, 7) is 0.982. The van der Waals surface area contributed by atoms with Gasteiger partial charge in [0.05, 0.1) is 5.75 Å². The number of rotatable bonds is 4. The minimum Gasteiger partial charge on any atom is -0.337 e. The molecule has 4 nitrogen and oxygen atoms in total. The van der Waals surface area contributed by atoms with Crippen LogP contribution >= 0.6 is 0 Å². The number of likely N-dealkylation sites (tertiary alicyclic amines) is 1. The minimum absolute atomic E-state index is 0.0275. The van der Waals surface area contributed by atoms with Gasteiger partial charge < -0.3 is 4.90 Å². The third-order valence-electron chi connectivity index (χ3n) is 4.14. The fourth-order valence-electron chi connectivity index (χ4n) is 2.88. The van der Waals surface area contributed by atoms with Crippen molar-refractivity contribution < 1.29 is 17.6 Å². The largest absolute Gasteiger partial charge is 0.337 e. The van der Waals surface area contributed by atoms with E-state index in [2.05, 4.69) is 0 Å². The Kier molecular flexibility index (Phi) is 4.41. The molecule has 0 aromatic heterocycles. The molecule has 126 valence electrons. The van der Waals surface area contributed by atoms with E-state index < -0.39 is 9.84 Å². The van der Waals surface area contributed by atoms with E-state index in [0.717, 1.165) is 0 Å². The van der Waals surface area contributed by atoms with E-state index in [9.17, 15) is 17.6 Å². The van der Waals surface area contributed by atoms with E-state index in [1.54, 1.807) is 47.4 Å². The zero-order chi connectivity index (χ0) is 17.3. The van der Waals surface area contributed by atoms with Crippen LogP contribution in [0.3, 0.4) is 0 Å². The van der Waals surface area contributed by atoms with Gasteiger partial charge >= 0.3 is 0 Å². The lowest BCUT2D eigenvalue weighted by molar-refractivity contribution is 0.0599. The van der Waals surface area contributed by atoms with Gasteiger partial charge in [-0.3, -0.25) is 4.79 Å². The maximum atomic E-state index is 13.7. The summed E-state index contributed by atoms with van der Waals surface area (Å²) >= 11 is 0. The second kappa shape index (κ2) is 6.36. The van der Waals surface area contributed by atoms with Crippen LogP contribution in [-0.4, -0.2) is 38.6 Å². The molecule has 1 fully saturated rings. The molecular formula is C18H18FNO3S. The number of benzene rings is 2. The Morgan fingerprint density at radius 3 is 2.33 bits per heavy atom. The average molecular weight is 347 g/mol. The molecule has 0 unspecified atom stereocenters. The molecule has 0 aliphatic carbocycles. The Labute approximate surface area is 140 Å². The number of hydrogen-bond acceptors (Lipinski definition) is 3. The maximum absolute atomic E-state index is 13.7. The van der Waals surface area contributed by atoms with Gasteiger partial charge in [-0.2, -0.15) is 0 Å². The monoisotopic (exact) mass is 347 g/mol. The molecule has 0 bridgehead atoms. The van der Waals surface area contributed by atoms with Gasteiger partial charge in [-0.05, 0) is 29.3 Å². The molecule has 1 aliphatic rings. The van der Waals surface area contributed by atoms with Gasteiger partial charge in [0.25, 0.3) is 5.91 Å². The first-order chi connectivity index (χ1) is 11.3. The molecule has 0 N–H and O–H groups in total. The van der Waals surface area contributed by atoms with Crippen molar-refractivity contribution >= 4 is 15.7 Å². The lowest BCUT2D eigenvalue weighted by atomic mass is 9.90. The van der Waals surface area contributed by atoms with Gasteiger partial charge in [0, 0.05) is 30.8 Å². The molecule has 6 heteroatoms. The first kappa shape index (κ1) is 16.6. The summed E-state index contributed by atoms with van der Waals surface area (Å²) in [5.74, 6) is -0.367. The molecule has 0 saturated carbocycles. The van der Waals surface area contributed by atoms with Crippen LogP contribution in [-0.2, 0) is 15.6 Å². The molecule has 24 heavy (non-hydrogen) atoms. The lowest BCUT2D eigenvalue weighted by Gasteiger charge is -2.39. The summed E-state index contributed by atoms with van der Waals surface area (Å²) in [4.78, 5) is 14.1. The first-order valence-corrected chi connectivity index (χ1v) is 9.70. The molecular weight excluding hydrogens is 329 g/mol. The van der Waals surface area contributed by atoms with Crippen molar-refractivity contribution in [2.75, 3.05) is 19.3 Å². The zero-order valence-electron chi connectivity index (χ0n) is 13.3. The van der Waals surface area contributed by atoms with Gasteiger partial charge in [-0.1, -0.05) is 30.3 Å². The molecule has 1 heterocycles. The topological polar surface area (TPSA) is 54.5 Å². The molecule has 0 radical (unpaired) electrons. The molecule has 1 aliphatic heterocycles. The normalized spacial score (nSPS) is 15.2. The Bertz CT molecular complexity index is 856. The van der Waals surface area contributed by atoms with Crippen molar-refractivity contribution in [2.24, 2.45) is 0 Å². The van der Waals surface area contributed by atoms with E-state index in [1.165, 1.54) is 12.3 Å². The van der Waals surface area contributed by atoms with Crippen LogP contribution in [0.25, 0.3) is 0 Å². The Balaban J connectivity index is 1.63. The van der Waals surface area contributed by atoms with E-state index in [0.29, 0.717) is 29.8 Å². The predicted molar refractivity (Wildman–Crippen MR) is 90.0 cm³/mol. The summed E-state index contributed by atoms with van der Waals surface area (Å²) in [6.07, 6.45) is 1.18. The SMILES string of the molecule is CS(=O)(=O)Cc1ccc(C(=O)N2CC(c3ccccc3F)C2)cc1. The number of hydrogen-bond donors (Lipinski definition) is 0. The number of carbonyl (C=O) groups is 1. The molecule has 2 aromatic carbocycles. The lowest BCUT2D eigenvalue weighted by Crippen LogP contribution is -2.48. The van der Waals surface area contributed by atoms with Crippen LogP contribution < -0.4 is 0 Å². The van der Waals surface area contributed by atoms with Gasteiger partial charge in [0.1, 0.15) is 5.82 Å². The second-order valence-electron chi connectivity index (χ2n) is 6.20. The summed E-state index contributed by atoms with van der Waals surface area (Å²) < 4.78 is 36.3. The predicted octanol–water partition coefficient (Wildman–Crippen LogP) is 2.61. The third kappa shape index (κ3) is 3.64.